The van der Waals surface area contributed by atoms with Crippen LogP contribution in [-0.4, -0.2) is 54.7 Å². The van der Waals surface area contributed by atoms with E-state index in [1.54, 1.807) is 18.2 Å². The van der Waals surface area contributed by atoms with Gasteiger partial charge in [0.05, 0.1) is 42.9 Å². The molecule has 1 heterocycles. The van der Waals surface area contributed by atoms with Crippen molar-refractivity contribution >= 4 is 43.0 Å². The Bertz CT molecular complexity index is 1400. The lowest BCUT2D eigenvalue weighted by Gasteiger charge is -2.24. The summed E-state index contributed by atoms with van der Waals surface area (Å²) in [7, 11) is -4.88. The minimum atomic E-state index is -3.86. The Balaban J connectivity index is 1.75. The number of carbonyl (C=O) groups excluding carboxylic acids is 1. The maximum absolute atomic E-state index is 12.7. The second-order valence-corrected chi connectivity index (χ2v) is 10.8. The number of nitrogens with one attached hydrogen (secondary N) is 2. The average Bonchev–Trinajstić information content (AvgIpc) is 2.82. The van der Waals surface area contributed by atoms with Crippen LogP contribution >= 0.6 is 0 Å². The van der Waals surface area contributed by atoms with Crippen LogP contribution < -0.4 is 23.8 Å². The van der Waals surface area contributed by atoms with Gasteiger partial charge >= 0.3 is 0 Å². The van der Waals surface area contributed by atoms with Gasteiger partial charge in [-0.2, -0.15) is 0 Å². The van der Waals surface area contributed by atoms with Gasteiger partial charge in [-0.25, -0.2) is 16.8 Å². The smallest absolute Gasteiger partial charge is 0.261 e. The number of aromatic nitrogens is 1. The number of carbonyl (C=O) groups is 1. The fraction of sp³-hybridized carbons (Fsp3) is 0.182. The van der Waals surface area contributed by atoms with E-state index in [0.29, 0.717) is 11.4 Å². The molecule has 1 amide bonds. The van der Waals surface area contributed by atoms with Crippen LogP contribution in [0.2, 0.25) is 0 Å². The third-order valence-corrected chi connectivity index (χ3v) is 7.23. The third kappa shape index (κ3) is 6.61. The number of pyridine rings is 1. The van der Waals surface area contributed by atoms with Crippen LogP contribution in [0.15, 0.2) is 71.9 Å². The molecule has 13 heteroatoms. The minimum Gasteiger partial charge on any atom is -0.497 e. The Hall–Kier alpha value is -3.84. The minimum absolute atomic E-state index is 0.0277. The lowest BCUT2D eigenvalue weighted by Crippen LogP contribution is -2.37. The molecule has 0 saturated heterocycles. The van der Waals surface area contributed by atoms with Crippen LogP contribution in [0, 0.1) is 0 Å². The van der Waals surface area contributed by atoms with Crippen LogP contribution in [0.3, 0.4) is 0 Å². The van der Waals surface area contributed by atoms with Crippen molar-refractivity contribution in [3.05, 3.63) is 67.0 Å². The fourth-order valence-corrected chi connectivity index (χ4v) is 4.96. The highest BCUT2D eigenvalue weighted by Gasteiger charge is 2.24. The zero-order valence-corrected chi connectivity index (χ0v) is 20.8. The number of hydrogen-bond acceptors (Lipinski definition) is 8. The first-order valence-electron chi connectivity index (χ1n) is 10.1. The van der Waals surface area contributed by atoms with Gasteiger partial charge in [-0.3, -0.25) is 18.8 Å². The summed E-state index contributed by atoms with van der Waals surface area (Å²) in [5.41, 5.74) is 0.749. The molecule has 2 N–H and O–H groups in total. The van der Waals surface area contributed by atoms with Crippen LogP contribution in [-0.2, 0) is 24.8 Å². The molecular weight excluding hydrogens is 496 g/mol. The number of benzene rings is 2. The molecule has 0 aliphatic rings. The fourth-order valence-electron chi connectivity index (χ4n) is 3.06. The van der Waals surface area contributed by atoms with Crippen molar-refractivity contribution in [2.75, 3.05) is 41.4 Å². The second kappa shape index (κ2) is 10.6. The van der Waals surface area contributed by atoms with Gasteiger partial charge in [-0.1, -0.05) is 0 Å². The molecular formula is C22H24N4O7S2. The summed E-state index contributed by atoms with van der Waals surface area (Å²) in [4.78, 5) is 16.5. The van der Waals surface area contributed by atoms with E-state index in [-0.39, 0.29) is 22.0 Å². The van der Waals surface area contributed by atoms with Crippen molar-refractivity contribution < 1.29 is 31.1 Å². The molecule has 0 fully saturated rings. The van der Waals surface area contributed by atoms with Crippen molar-refractivity contribution in [1.29, 1.82) is 0 Å². The van der Waals surface area contributed by atoms with Gasteiger partial charge in [-0.05, 0) is 48.5 Å². The predicted octanol–water partition coefficient (Wildman–Crippen LogP) is 2.30. The number of nitrogens with zero attached hydrogens (tertiary/aromatic N) is 2. The Morgan fingerprint density at radius 1 is 0.971 bits per heavy atom. The molecule has 0 spiro atoms. The standard InChI is InChI=1S/C22H24N4O7S2/c1-32-18-8-11-20(21(13-18)33-2)26(34(3,28)29)15-22(27)24-16-6-9-19(10-7-16)35(30,31)25-17-5-4-12-23-14-17/h4-14,25H,15H2,1-3H3,(H,24,27). The highest BCUT2D eigenvalue weighted by Crippen LogP contribution is 2.33. The Morgan fingerprint density at radius 3 is 2.26 bits per heavy atom. The van der Waals surface area contributed by atoms with Crippen molar-refractivity contribution in [2.45, 2.75) is 4.90 Å². The van der Waals surface area contributed by atoms with E-state index < -0.39 is 32.5 Å². The summed E-state index contributed by atoms with van der Waals surface area (Å²) >= 11 is 0. The molecule has 35 heavy (non-hydrogen) atoms. The number of sulfonamides is 2. The lowest BCUT2D eigenvalue weighted by atomic mass is 10.2. The van der Waals surface area contributed by atoms with E-state index in [0.717, 1.165) is 10.6 Å². The maximum atomic E-state index is 12.7. The lowest BCUT2D eigenvalue weighted by molar-refractivity contribution is -0.114. The van der Waals surface area contributed by atoms with E-state index in [2.05, 4.69) is 15.0 Å². The van der Waals surface area contributed by atoms with E-state index in [1.165, 1.54) is 63.0 Å². The summed E-state index contributed by atoms with van der Waals surface area (Å²) < 4.78 is 63.6. The van der Waals surface area contributed by atoms with Gasteiger partial charge in [-0.15, -0.1) is 0 Å². The number of rotatable bonds is 10. The maximum Gasteiger partial charge on any atom is 0.261 e. The van der Waals surface area contributed by atoms with Crippen molar-refractivity contribution in [3.8, 4) is 11.5 Å². The molecule has 0 atom stereocenters. The third-order valence-electron chi connectivity index (χ3n) is 4.71. The molecule has 2 aromatic carbocycles. The first-order valence-corrected chi connectivity index (χ1v) is 13.4. The molecule has 0 unspecified atom stereocenters. The Kier molecular flexibility index (Phi) is 7.82. The molecule has 186 valence electrons. The number of methoxy groups -OCH3 is 2. The molecule has 0 bridgehead atoms. The largest absolute Gasteiger partial charge is 0.497 e. The van der Waals surface area contributed by atoms with Crippen molar-refractivity contribution in [3.63, 3.8) is 0 Å². The monoisotopic (exact) mass is 520 g/mol. The molecule has 1 aromatic heterocycles. The summed E-state index contributed by atoms with van der Waals surface area (Å²) in [5, 5.41) is 2.57. The molecule has 3 rings (SSSR count). The highest BCUT2D eigenvalue weighted by atomic mass is 32.2. The van der Waals surface area contributed by atoms with Crippen LogP contribution in [0.25, 0.3) is 0 Å². The highest BCUT2D eigenvalue weighted by molar-refractivity contribution is 7.92. The van der Waals surface area contributed by atoms with Gasteiger partial charge in [0.25, 0.3) is 10.0 Å². The van der Waals surface area contributed by atoms with Gasteiger partial charge in [0, 0.05) is 18.0 Å². The van der Waals surface area contributed by atoms with Crippen LogP contribution in [0.1, 0.15) is 0 Å². The SMILES string of the molecule is COc1ccc(N(CC(=O)Nc2ccc(S(=O)(=O)Nc3cccnc3)cc2)S(C)(=O)=O)c(OC)c1. The number of hydrogen-bond donors (Lipinski definition) is 2. The van der Waals surface area contributed by atoms with Crippen LogP contribution in [0.5, 0.6) is 11.5 Å². The molecule has 0 saturated carbocycles. The summed E-state index contributed by atoms with van der Waals surface area (Å²) in [5.74, 6) is 0.0206. The second-order valence-electron chi connectivity index (χ2n) is 7.23. The Morgan fingerprint density at radius 2 is 1.69 bits per heavy atom. The molecule has 11 nitrogen and oxygen atoms in total. The molecule has 3 aromatic rings. The zero-order chi connectivity index (χ0) is 25.6. The van der Waals surface area contributed by atoms with E-state index >= 15 is 0 Å². The van der Waals surface area contributed by atoms with Gasteiger partial charge in [0.2, 0.25) is 15.9 Å². The average molecular weight is 521 g/mol. The number of amides is 1. The number of anilines is 3. The van der Waals surface area contributed by atoms with Crippen molar-refractivity contribution in [2.24, 2.45) is 0 Å². The van der Waals surface area contributed by atoms with E-state index in [1.807, 2.05) is 0 Å². The summed E-state index contributed by atoms with van der Waals surface area (Å²) in [6.45, 7) is -0.538. The first kappa shape index (κ1) is 25.8. The molecule has 0 aliphatic carbocycles. The van der Waals surface area contributed by atoms with Gasteiger partial charge in [0.15, 0.2) is 0 Å². The normalized spacial score (nSPS) is 11.4. The van der Waals surface area contributed by atoms with E-state index in [9.17, 15) is 21.6 Å². The summed E-state index contributed by atoms with van der Waals surface area (Å²) in [6.07, 6.45) is 3.86. The zero-order valence-electron chi connectivity index (χ0n) is 19.1. The van der Waals surface area contributed by atoms with Crippen LogP contribution in [0.4, 0.5) is 17.1 Å². The van der Waals surface area contributed by atoms with Crippen molar-refractivity contribution in [1.82, 2.24) is 4.98 Å². The first-order chi connectivity index (χ1) is 16.5. The summed E-state index contributed by atoms with van der Waals surface area (Å²) in [6, 6.07) is 13.1. The molecule has 0 radical (unpaired) electrons. The van der Waals surface area contributed by atoms with Gasteiger partial charge < -0.3 is 14.8 Å². The Labute approximate surface area is 203 Å². The topological polar surface area (TPSA) is 144 Å². The van der Waals surface area contributed by atoms with E-state index in [4.69, 9.17) is 9.47 Å². The quantitative estimate of drug-likeness (QED) is 0.414. The molecule has 0 aliphatic heterocycles. The van der Waals surface area contributed by atoms with Gasteiger partial charge in [0.1, 0.15) is 18.0 Å². The number of ether oxygens (including phenoxy) is 2. The predicted molar refractivity (Wildman–Crippen MR) is 132 cm³/mol.